The molecule has 0 aliphatic carbocycles. The molecule has 2 amide bonds. The van der Waals surface area contributed by atoms with Gasteiger partial charge in [-0.15, -0.1) is 0 Å². The Morgan fingerprint density at radius 2 is 2.19 bits per heavy atom. The molecule has 2 saturated heterocycles. The average molecular weight is 355 g/mol. The summed E-state index contributed by atoms with van der Waals surface area (Å²) in [5, 5.41) is 0. The van der Waals surface area contributed by atoms with Gasteiger partial charge in [0.2, 0.25) is 5.91 Å². The molecule has 4 rings (SSSR count). The number of piperidine rings is 2. The number of nitrogens with one attached hydrogen (secondary N) is 1. The second-order valence-corrected chi connectivity index (χ2v) is 7.34. The maximum Gasteiger partial charge on any atom is 0.270 e. The van der Waals surface area contributed by atoms with Crippen LogP contribution in [0.25, 0.3) is 0 Å². The zero-order chi connectivity index (χ0) is 18.1. The third-order valence-corrected chi connectivity index (χ3v) is 5.65. The molecule has 138 valence electrons. The van der Waals surface area contributed by atoms with Crippen molar-refractivity contribution in [3.05, 3.63) is 47.7 Å². The van der Waals surface area contributed by atoms with E-state index in [4.69, 9.17) is 4.42 Å². The fourth-order valence-corrected chi connectivity index (χ4v) is 4.31. The monoisotopic (exact) mass is 355 g/mol. The summed E-state index contributed by atoms with van der Waals surface area (Å²) >= 11 is 0. The standard InChI is InChI=1S/C20H25N3O3/c1-14-4-6-16(26-14)8-12-23-18-9-11-22(13-15(18)5-7-19(23)24)20(25)17-3-2-10-21-17/h2-4,6,10,15,18,21H,5,7-9,11-13H2,1H3/t15-,18+/m0/s1. The molecule has 2 aliphatic rings. The first-order chi connectivity index (χ1) is 12.6. The van der Waals surface area contributed by atoms with Gasteiger partial charge in [-0.2, -0.15) is 0 Å². The van der Waals surface area contributed by atoms with Gasteiger partial charge in [-0.25, -0.2) is 0 Å². The van der Waals surface area contributed by atoms with Crippen molar-refractivity contribution in [3.63, 3.8) is 0 Å². The number of aryl methyl sites for hydroxylation is 1. The molecular formula is C20H25N3O3. The van der Waals surface area contributed by atoms with Gasteiger partial charge in [0.25, 0.3) is 5.91 Å². The van der Waals surface area contributed by atoms with Crippen LogP contribution in [0, 0.1) is 12.8 Å². The highest BCUT2D eigenvalue weighted by Gasteiger charge is 2.40. The third-order valence-electron chi connectivity index (χ3n) is 5.65. The molecule has 2 aliphatic heterocycles. The van der Waals surface area contributed by atoms with E-state index in [1.54, 1.807) is 6.20 Å². The van der Waals surface area contributed by atoms with Crippen LogP contribution in [0.1, 0.15) is 41.3 Å². The molecule has 26 heavy (non-hydrogen) atoms. The zero-order valence-corrected chi connectivity index (χ0v) is 15.1. The second kappa shape index (κ2) is 7.02. The molecule has 4 heterocycles. The molecule has 0 aromatic carbocycles. The molecule has 1 N–H and O–H groups in total. The first-order valence-electron chi connectivity index (χ1n) is 9.39. The van der Waals surface area contributed by atoms with Crippen molar-refractivity contribution < 1.29 is 14.0 Å². The van der Waals surface area contributed by atoms with Gasteiger partial charge >= 0.3 is 0 Å². The molecule has 2 aromatic rings. The number of fused-ring (bicyclic) bond motifs is 1. The SMILES string of the molecule is Cc1ccc(CCN2C(=O)CC[C@H]3CN(C(=O)c4ccc[nH]4)CC[C@H]32)o1. The van der Waals surface area contributed by atoms with Crippen LogP contribution in [0.3, 0.4) is 0 Å². The van der Waals surface area contributed by atoms with Gasteiger partial charge in [0.05, 0.1) is 0 Å². The van der Waals surface area contributed by atoms with E-state index in [1.807, 2.05) is 41.0 Å². The first-order valence-corrected chi connectivity index (χ1v) is 9.39. The summed E-state index contributed by atoms with van der Waals surface area (Å²) in [6, 6.07) is 7.84. The van der Waals surface area contributed by atoms with E-state index in [0.717, 1.165) is 37.3 Å². The third kappa shape index (κ3) is 3.28. The number of amides is 2. The van der Waals surface area contributed by atoms with E-state index in [2.05, 4.69) is 4.98 Å². The van der Waals surface area contributed by atoms with Crippen molar-refractivity contribution in [3.8, 4) is 0 Å². The summed E-state index contributed by atoms with van der Waals surface area (Å²) in [7, 11) is 0. The minimum atomic E-state index is 0.0583. The Kier molecular flexibility index (Phi) is 4.57. The smallest absolute Gasteiger partial charge is 0.270 e. The van der Waals surface area contributed by atoms with Crippen LogP contribution in [0.15, 0.2) is 34.9 Å². The molecule has 0 saturated carbocycles. The van der Waals surface area contributed by atoms with Crippen LogP contribution in [0.5, 0.6) is 0 Å². The van der Waals surface area contributed by atoms with Crippen molar-refractivity contribution in [2.75, 3.05) is 19.6 Å². The number of H-pyrrole nitrogens is 1. The van der Waals surface area contributed by atoms with E-state index in [-0.39, 0.29) is 17.9 Å². The molecular weight excluding hydrogens is 330 g/mol. The lowest BCUT2D eigenvalue weighted by molar-refractivity contribution is -0.140. The van der Waals surface area contributed by atoms with E-state index in [1.165, 1.54) is 0 Å². The van der Waals surface area contributed by atoms with Crippen LogP contribution >= 0.6 is 0 Å². The fourth-order valence-electron chi connectivity index (χ4n) is 4.31. The summed E-state index contributed by atoms with van der Waals surface area (Å²) in [5.74, 6) is 2.48. The predicted octanol–water partition coefficient (Wildman–Crippen LogP) is 2.61. The lowest BCUT2D eigenvalue weighted by atomic mass is 9.83. The Morgan fingerprint density at radius 3 is 2.92 bits per heavy atom. The number of hydrogen-bond acceptors (Lipinski definition) is 3. The summed E-state index contributed by atoms with van der Waals surface area (Å²) in [6.45, 7) is 4.05. The molecule has 0 bridgehead atoms. The van der Waals surface area contributed by atoms with Crippen molar-refractivity contribution >= 4 is 11.8 Å². The van der Waals surface area contributed by atoms with Crippen LogP contribution in [0.4, 0.5) is 0 Å². The highest BCUT2D eigenvalue weighted by molar-refractivity contribution is 5.92. The van der Waals surface area contributed by atoms with Crippen molar-refractivity contribution in [1.29, 1.82) is 0 Å². The van der Waals surface area contributed by atoms with E-state index in [9.17, 15) is 9.59 Å². The minimum Gasteiger partial charge on any atom is -0.466 e. The number of hydrogen-bond donors (Lipinski definition) is 1. The van der Waals surface area contributed by atoms with Crippen molar-refractivity contribution in [2.24, 2.45) is 5.92 Å². The summed E-state index contributed by atoms with van der Waals surface area (Å²) in [5.41, 5.74) is 0.639. The number of aromatic amines is 1. The predicted molar refractivity (Wildman–Crippen MR) is 96.7 cm³/mol. The number of nitrogens with zero attached hydrogens (tertiary/aromatic N) is 2. The van der Waals surface area contributed by atoms with Gasteiger partial charge in [0.1, 0.15) is 17.2 Å². The zero-order valence-electron chi connectivity index (χ0n) is 15.1. The molecule has 0 spiro atoms. The first kappa shape index (κ1) is 16.9. The van der Waals surface area contributed by atoms with Gasteiger partial charge in [-0.3, -0.25) is 9.59 Å². The summed E-state index contributed by atoms with van der Waals surface area (Å²) < 4.78 is 5.64. The normalized spacial score (nSPS) is 23.2. The Hall–Kier alpha value is -2.50. The molecule has 6 nitrogen and oxygen atoms in total. The highest BCUT2D eigenvalue weighted by Crippen LogP contribution is 2.32. The van der Waals surface area contributed by atoms with Gasteiger partial charge in [-0.1, -0.05) is 0 Å². The van der Waals surface area contributed by atoms with E-state index >= 15 is 0 Å². The lowest BCUT2D eigenvalue weighted by Crippen LogP contribution is -2.57. The van der Waals surface area contributed by atoms with Crippen LogP contribution < -0.4 is 0 Å². The lowest BCUT2D eigenvalue weighted by Gasteiger charge is -2.47. The Morgan fingerprint density at radius 1 is 1.31 bits per heavy atom. The van der Waals surface area contributed by atoms with Gasteiger partial charge in [0, 0.05) is 44.7 Å². The Labute approximate surface area is 153 Å². The van der Waals surface area contributed by atoms with Crippen LogP contribution in [-0.4, -0.2) is 52.3 Å². The molecule has 2 aromatic heterocycles. The topological polar surface area (TPSA) is 69.6 Å². The van der Waals surface area contributed by atoms with E-state index in [0.29, 0.717) is 31.1 Å². The molecule has 0 unspecified atom stereocenters. The molecule has 2 atom stereocenters. The number of rotatable bonds is 4. The number of furan rings is 1. The molecule has 6 heteroatoms. The fraction of sp³-hybridized carbons (Fsp3) is 0.500. The Balaban J connectivity index is 1.41. The number of carbonyl (C=O) groups excluding carboxylic acids is 2. The second-order valence-electron chi connectivity index (χ2n) is 7.34. The summed E-state index contributed by atoms with van der Waals surface area (Å²) in [6.07, 6.45) is 4.81. The van der Waals surface area contributed by atoms with Crippen LogP contribution in [0.2, 0.25) is 0 Å². The van der Waals surface area contributed by atoms with Crippen molar-refractivity contribution in [2.45, 2.75) is 38.6 Å². The van der Waals surface area contributed by atoms with E-state index < -0.39 is 0 Å². The maximum atomic E-state index is 12.6. The van der Waals surface area contributed by atoms with Crippen LogP contribution in [-0.2, 0) is 11.2 Å². The number of carbonyl (C=O) groups is 2. The average Bonchev–Trinajstić information content (AvgIpc) is 3.32. The molecule has 0 radical (unpaired) electrons. The number of likely N-dealkylation sites (tertiary alicyclic amines) is 2. The quantitative estimate of drug-likeness (QED) is 0.916. The number of aromatic nitrogens is 1. The minimum absolute atomic E-state index is 0.0583. The van der Waals surface area contributed by atoms with Gasteiger partial charge < -0.3 is 19.2 Å². The largest absolute Gasteiger partial charge is 0.466 e. The Bertz CT molecular complexity index is 780. The summed E-state index contributed by atoms with van der Waals surface area (Å²) in [4.78, 5) is 32.0. The molecule has 2 fully saturated rings. The highest BCUT2D eigenvalue weighted by atomic mass is 16.3. The van der Waals surface area contributed by atoms with Crippen molar-refractivity contribution in [1.82, 2.24) is 14.8 Å². The maximum absolute atomic E-state index is 12.6. The van der Waals surface area contributed by atoms with Gasteiger partial charge in [-0.05, 0) is 49.9 Å². The van der Waals surface area contributed by atoms with Gasteiger partial charge in [0.15, 0.2) is 0 Å².